The Labute approximate surface area is 101 Å². The number of ether oxygens (including phenoxy) is 1. The summed E-state index contributed by atoms with van der Waals surface area (Å²) in [6, 6.07) is 8.87. The maximum Gasteiger partial charge on any atom is 0.141 e. The van der Waals surface area contributed by atoms with Crippen molar-refractivity contribution in [1.29, 1.82) is 0 Å². The lowest BCUT2D eigenvalue weighted by atomic mass is 10.3. The minimum absolute atomic E-state index is 0.312. The van der Waals surface area contributed by atoms with Gasteiger partial charge in [0.15, 0.2) is 0 Å². The van der Waals surface area contributed by atoms with Gasteiger partial charge in [-0.3, -0.25) is 4.98 Å². The van der Waals surface area contributed by atoms with Crippen molar-refractivity contribution in [2.45, 2.75) is 6.61 Å². The van der Waals surface area contributed by atoms with Gasteiger partial charge in [0.25, 0.3) is 0 Å². The number of pyridine rings is 1. The smallest absolute Gasteiger partial charge is 0.141 e. The first-order valence-electron chi connectivity index (χ1n) is 4.72. The molecule has 0 spiro atoms. The number of nitrogens with zero attached hydrogens (tertiary/aromatic N) is 1. The molecule has 2 aromatic rings. The van der Waals surface area contributed by atoms with Crippen molar-refractivity contribution < 1.29 is 9.13 Å². The van der Waals surface area contributed by atoms with Crippen molar-refractivity contribution >= 4 is 15.9 Å². The molecule has 0 saturated carbocycles. The summed E-state index contributed by atoms with van der Waals surface area (Å²) in [5, 5.41) is 0. The third-order valence-electron chi connectivity index (χ3n) is 1.98. The summed E-state index contributed by atoms with van der Waals surface area (Å²) in [7, 11) is 0. The highest BCUT2D eigenvalue weighted by Crippen LogP contribution is 2.17. The summed E-state index contributed by atoms with van der Waals surface area (Å²) in [6.07, 6.45) is 2.76. The quantitative estimate of drug-likeness (QED) is 0.858. The molecule has 0 bridgehead atoms. The molecule has 0 aliphatic carbocycles. The average Bonchev–Trinajstić information content (AvgIpc) is 2.28. The molecule has 1 aromatic heterocycles. The summed E-state index contributed by atoms with van der Waals surface area (Å²) in [5.41, 5.74) is 0.711. The molecule has 0 atom stereocenters. The number of hydrogen-bond donors (Lipinski definition) is 0. The van der Waals surface area contributed by atoms with Gasteiger partial charge in [-0.2, -0.15) is 0 Å². The van der Waals surface area contributed by atoms with E-state index in [4.69, 9.17) is 4.74 Å². The van der Waals surface area contributed by atoms with Crippen molar-refractivity contribution in [3.63, 3.8) is 0 Å². The van der Waals surface area contributed by atoms with Crippen LogP contribution in [0.5, 0.6) is 5.75 Å². The van der Waals surface area contributed by atoms with E-state index in [1.165, 1.54) is 12.3 Å². The number of benzene rings is 1. The Morgan fingerprint density at radius 2 is 1.94 bits per heavy atom. The molecule has 0 saturated heterocycles. The van der Waals surface area contributed by atoms with E-state index in [1.54, 1.807) is 6.20 Å². The molecule has 1 aromatic carbocycles. The van der Waals surface area contributed by atoms with Gasteiger partial charge in [0, 0.05) is 16.2 Å². The maximum atomic E-state index is 12.8. The van der Waals surface area contributed by atoms with Crippen LogP contribution in [0.15, 0.2) is 47.2 Å². The van der Waals surface area contributed by atoms with Gasteiger partial charge in [0.1, 0.15) is 18.2 Å². The highest BCUT2D eigenvalue weighted by Gasteiger charge is 1.98. The summed E-state index contributed by atoms with van der Waals surface area (Å²) >= 11 is 3.34. The zero-order chi connectivity index (χ0) is 11.4. The Bertz CT molecular complexity index is 473. The molecule has 16 heavy (non-hydrogen) atoms. The third-order valence-corrected chi connectivity index (χ3v) is 2.51. The normalized spacial score (nSPS) is 10.1. The molecule has 0 aliphatic rings. The van der Waals surface area contributed by atoms with Gasteiger partial charge in [0.05, 0.1) is 6.20 Å². The SMILES string of the molecule is Fc1cncc(COc2ccc(Br)cc2)c1. The van der Waals surface area contributed by atoms with E-state index in [9.17, 15) is 4.39 Å². The molecule has 0 N–H and O–H groups in total. The van der Waals surface area contributed by atoms with Crippen LogP contribution in [0.1, 0.15) is 5.56 Å². The third kappa shape index (κ3) is 3.03. The minimum atomic E-state index is -0.350. The summed E-state index contributed by atoms with van der Waals surface area (Å²) in [6.45, 7) is 0.312. The second kappa shape index (κ2) is 5.07. The van der Waals surface area contributed by atoms with E-state index in [1.807, 2.05) is 24.3 Å². The molecule has 0 radical (unpaired) electrons. The van der Waals surface area contributed by atoms with Crippen LogP contribution in [0.25, 0.3) is 0 Å². The lowest BCUT2D eigenvalue weighted by molar-refractivity contribution is 0.305. The molecule has 0 aliphatic heterocycles. The highest BCUT2D eigenvalue weighted by atomic mass is 79.9. The van der Waals surface area contributed by atoms with E-state index >= 15 is 0 Å². The predicted molar refractivity (Wildman–Crippen MR) is 62.7 cm³/mol. The number of aromatic nitrogens is 1. The largest absolute Gasteiger partial charge is 0.489 e. The van der Waals surface area contributed by atoms with E-state index in [2.05, 4.69) is 20.9 Å². The molecule has 2 rings (SSSR count). The predicted octanol–water partition coefficient (Wildman–Crippen LogP) is 3.56. The van der Waals surface area contributed by atoms with Crippen LogP contribution >= 0.6 is 15.9 Å². The topological polar surface area (TPSA) is 22.1 Å². The number of rotatable bonds is 3. The van der Waals surface area contributed by atoms with Crippen LogP contribution in [0.2, 0.25) is 0 Å². The Balaban J connectivity index is 1.99. The lowest BCUT2D eigenvalue weighted by Crippen LogP contribution is -1.96. The van der Waals surface area contributed by atoms with E-state index in [0.717, 1.165) is 10.2 Å². The summed E-state index contributed by atoms with van der Waals surface area (Å²) in [4.78, 5) is 3.75. The molecular weight excluding hydrogens is 273 g/mol. The van der Waals surface area contributed by atoms with Crippen LogP contribution in [0.4, 0.5) is 4.39 Å². The van der Waals surface area contributed by atoms with Gasteiger partial charge in [-0.15, -0.1) is 0 Å². The van der Waals surface area contributed by atoms with E-state index < -0.39 is 0 Å². The average molecular weight is 282 g/mol. The Morgan fingerprint density at radius 1 is 1.19 bits per heavy atom. The Hall–Kier alpha value is -1.42. The standard InChI is InChI=1S/C12H9BrFNO/c13-10-1-3-12(4-2-10)16-8-9-5-11(14)7-15-6-9/h1-7H,8H2. The highest BCUT2D eigenvalue weighted by molar-refractivity contribution is 9.10. The van der Waals surface area contributed by atoms with Crippen LogP contribution in [0.3, 0.4) is 0 Å². The van der Waals surface area contributed by atoms with Crippen LogP contribution in [-0.4, -0.2) is 4.98 Å². The van der Waals surface area contributed by atoms with Crippen LogP contribution in [-0.2, 0) is 6.61 Å². The van der Waals surface area contributed by atoms with Crippen molar-refractivity contribution in [3.05, 3.63) is 58.6 Å². The monoisotopic (exact) mass is 281 g/mol. The van der Waals surface area contributed by atoms with Crippen molar-refractivity contribution in [1.82, 2.24) is 4.98 Å². The first kappa shape index (κ1) is 11.1. The molecule has 0 unspecified atom stereocenters. The number of halogens is 2. The molecule has 0 amide bonds. The second-order valence-corrected chi connectivity index (χ2v) is 4.17. The second-order valence-electron chi connectivity index (χ2n) is 3.25. The Morgan fingerprint density at radius 3 is 2.62 bits per heavy atom. The van der Waals surface area contributed by atoms with Gasteiger partial charge in [-0.1, -0.05) is 15.9 Å². The van der Waals surface area contributed by atoms with Crippen molar-refractivity contribution in [3.8, 4) is 5.75 Å². The van der Waals surface area contributed by atoms with Crippen LogP contribution < -0.4 is 4.74 Å². The first-order valence-corrected chi connectivity index (χ1v) is 5.51. The van der Waals surface area contributed by atoms with Gasteiger partial charge < -0.3 is 4.74 Å². The summed E-state index contributed by atoms with van der Waals surface area (Å²) in [5.74, 6) is 0.393. The van der Waals surface area contributed by atoms with E-state index in [-0.39, 0.29) is 5.82 Å². The molecule has 2 nitrogen and oxygen atoms in total. The Kier molecular flexibility index (Phi) is 3.51. The van der Waals surface area contributed by atoms with Gasteiger partial charge >= 0.3 is 0 Å². The fourth-order valence-electron chi connectivity index (χ4n) is 1.23. The molecular formula is C12H9BrFNO. The fourth-order valence-corrected chi connectivity index (χ4v) is 1.50. The van der Waals surface area contributed by atoms with E-state index in [0.29, 0.717) is 12.2 Å². The zero-order valence-electron chi connectivity index (χ0n) is 8.36. The first-order chi connectivity index (χ1) is 7.74. The molecule has 0 fully saturated rings. The maximum absolute atomic E-state index is 12.8. The van der Waals surface area contributed by atoms with Crippen LogP contribution in [0, 0.1) is 5.82 Å². The zero-order valence-corrected chi connectivity index (χ0v) is 9.95. The molecule has 4 heteroatoms. The van der Waals surface area contributed by atoms with Gasteiger partial charge in [-0.25, -0.2) is 4.39 Å². The minimum Gasteiger partial charge on any atom is -0.489 e. The molecule has 82 valence electrons. The summed E-state index contributed by atoms with van der Waals surface area (Å²) < 4.78 is 19.3. The van der Waals surface area contributed by atoms with Gasteiger partial charge in [0.2, 0.25) is 0 Å². The molecule has 1 heterocycles. The fraction of sp³-hybridized carbons (Fsp3) is 0.0833. The lowest BCUT2D eigenvalue weighted by Gasteiger charge is -2.05. The van der Waals surface area contributed by atoms with Gasteiger partial charge in [-0.05, 0) is 30.3 Å². The number of hydrogen-bond acceptors (Lipinski definition) is 2. The van der Waals surface area contributed by atoms with Crippen molar-refractivity contribution in [2.75, 3.05) is 0 Å². The van der Waals surface area contributed by atoms with Crippen molar-refractivity contribution in [2.24, 2.45) is 0 Å².